The van der Waals surface area contributed by atoms with Crippen LogP contribution in [0.1, 0.15) is 34.7 Å². The molecule has 1 fully saturated rings. The molecule has 1 N–H and O–H groups in total. The number of carbonyl (C=O) groups is 1. The summed E-state index contributed by atoms with van der Waals surface area (Å²) in [6, 6.07) is 23.6. The van der Waals surface area contributed by atoms with Gasteiger partial charge in [-0.3, -0.25) is 4.79 Å². The van der Waals surface area contributed by atoms with Crippen molar-refractivity contribution in [3.05, 3.63) is 89.9 Å². The first-order chi connectivity index (χ1) is 17.7. The van der Waals surface area contributed by atoms with Gasteiger partial charge in [-0.25, -0.2) is 0 Å². The van der Waals surface area contributed by atoms with Gasteiger partial charge in [-0.1, -0.05) is 36.4 Å². The lowest BCUT2D eigenvalue weighted by Crippen LogP contribution is -2.44. The van der Waals surface area contributed by atoms with E-state index in [1.165, 1.54) is 0 Å². The second-order valence-electron chi connectivity index (χ2n) is 9.21. The van der Waals surface area contributed by atoms with Gasteiger partial charge >= 0.3 is 0 Å². The van der Waals surface area contributed by atoms with Crippen molar-refractivity contribution in [2.75, 3.05) is 26.6 Å². The third-order valence-electron chi connectivity index (χ3n) is 7.01. The number of rotatable bonds is 7. The zero-order chi connectivity index (χ0) is 24.4. The van der Waals surface area contributed by atoms with E-state index in [9.17, 15) is 4.79 Å². The van der Waals surface area contributed by atoms with Crippen LogP contribution in [0, 0.1) is 0 Å². The lowest BCUT2D eigenvalue weighted by atomic mass is 9.74. The van der Waals surface area contributed by atoms with Gasteiger partial charge in [-0.15, -0.1) is 0 Å². The van der Waals surface area contributed by atoms with Crippen molar-refractivity contribution in [3.63, 3.8) is 0 Å². The van der Waals surface area contributed by atoms with Crippen LogP contribution < -0.4 is 19.5 Å². The first-order valence-corrected chi connectivity index (χ1v) is 12.1. The number of furan rings is 1. The minimum absolute atomic E-state index is 0.233. The Morgan fingerprint density at radius 1 is 0.889 bits per heavy atom. The zero-order valence-corrected chi connectivity index (χ0v) is 19.8. The summed E-state index contributed by atoms with van der Waals surface area (Å²) in [6.45, 7) is 2.22. The maximum atomic E-state index is 13.0. The maximum absolute atomic E-state index is 13.0. The van der Waals surface area contributed by atoms with Crippen molar-refractivity contribution in [3.8, 4) is 17.2 Å². The molecule has 0 unspecified atom stereocenters. The Labute approximate surface area is 208 Å². The lowest BCUT2D eigenvalue weighted by molar-refractivity contribution is 0.0483. The number of benzene rings is 3. The second kappa shape index (κ2) is 9.59. The fraction of sp³-hybridized carbons (Fsp3) is 0.276. The minimum atomic E-state index is -0.251. The van der Waals surface area contributed by atoms with E-state index in [0.29, 0.717) is 25.5 Å². The molecule has 1 amide bonds. The predicted molar refractivity (Wildman–Crippen MR) is 134 cm³/mol. The molecular formula is C29H27NO6. The number of hydrogen-bond acceptors (Lipinski definition) is 6. The Morgan fingerprint density at radius 3 is 2.61 bits per heavy atom. The van der Waals surface area contributed by atoms with Crippen LogP contribution in [0.3, 0.4) is 0 Å². The van der Waals surface area contributed by atoms with E-state index in [1.807, 2.05) is 48.5 Å². The van der Waals surface area contributed by atoms with E-state index in [4.69, 9.17) is 23.4 Å². The summed E-state index contributed by atoms with van der Waals surface area (Å²) in [7, 11) is 0. The van der Waals surface area contributed by atoms with E-state index >= 15 is 0 Å². The van der Waals surface area contributed by atoms with Gasteiger partial charge in [0.15, 0.2) is 17.3 Å². The van der Waals surface area contributed by atoms with Crippen LogP contribution in [0.5, 0.6) is 17.2 Å². The van der Waals surface area contributed by atoms with Crippen LogP contribution in [0.2, 0.25) is 0 Å². The van der Waals surface area contributed by atoms with Gasteiger partial charge in [-0.05, 0) is 65.6 Å². The third-order valence-corrected chi connectivity index (χ3v) is 7.01. The smallest absolute Gasteiger partial charge is 0.287 e. The third kappa shape index (κ3) is 4.50. The van der Waals surface area contributed by atoms with Crippen LogP contribution in [0.4, 0.5) is 0 Å². The van der Waals surface area contributed by atoms with Crippen LogP contribution in [0.25, 0.3) is 10.8 Å². The minimum Gasteiger partial charge on any atom is -0.486 e. The summed E-state index contributed by atoms with van der Waals surface area (Å²) in [5.41, 5.74) is 0.864. The highest BCUT2D eigenvalue weighted by molar-refractivity contribution is 5.91. The lowest BCUT2D eigenvalue weighted by Gasteiger charge is -2.38. The summed E-state index contributed by atoms with van der Waals surface area (Å²) in [4.78, 5) is 13.0. The highest BCUT2D eigenvalue weighted by Crippen LogP contribution is 2.40. The monoisotopic (exact) mass is 485 g/mol. The molecule has 3 heterocycles. The average molecular weight is 486 g/mol. The molecule has 36 heavy (non-hydrogen) atoms. The van der Waals surface area contributed by atoms with E-state index in [1.54, 1.807) is 12.1 Å². The molecule has 7 heteroatoms. The first-order valence-electron chi connectivity index (χ1n) is 12.1. The Morgan fingerprint density at radius 2 is 1.72 bits per heavy atom. The fourth-order valence-electron chi connectivity index (χ4n) is 4.88. The van der Waals surface area contributed by atoms with Crippen LogP contribution in [-0.2, 0) is 16.8 Å². The molecule has 2 aliphatic rings. The van der Waals surface area contributed by atoms with Crippen LogP contribution in [0.15, 0.2) is 77.2 Å². The molecule has 0 radical (unpaired) electrons. The number of ether oxygens (including phenoxy) is 4. The molecule has 6 rings (SSSR count). The van der Waals surface area contributed by atoms with Gasteiger partial charge in [0, 0.05) is 25.2 Å². The van der Waals surface area contributed by atoms with E-state index < -0.39 is 0 Å². The van der Waals surface area contributed by atoms with E-state index in [0.717, 1.165) is 46.4 Å². The van der Waals surface area contributed by atoms with Crippen molar-refractivity contribution >= 4 is 16.7 Å². The molecule has 184 valence electrons. The number of amides is 1. The van der Waals surface area contributed by atoms with E-state index in [-0.39, 0.29) is 30.5 Å². The molecule has 3 aromatic carbocycles. The molecular weight excluding hydrogens is 458 g/mol. The number of nitrogens with one attached hydrogen (secondary N) is 1. The molecule has 2 aliphatic heterocycles. The molecule has 0 atom stereocenters. The molecule has 0 aliphatic carbocycles. The van der Waals surface area contributed by atoms with Gasteiger partial charge < -0.3 is 28.7 Å². The average Bonchev–Trinajstić information content (AvgIpc) is 3.60. The van der Waals surface area contributed by atoms with Gasteiger partial charge in [0.25, 0.3) is 5.91 Å². The van der Waals surface area contributed by atoms with Crippen LogP contribution in [-0.4, -0.2) is 32.5 Å². The number of carbonyl (C=O) groups excluding carboxylic acids is 1. The molecule has 0 spiro atoms. The summed E-state index contributed by atoms with van der Waals surface area (Å²) >= 11 is 0. The molecule has 7 nitrogen and oxygen atoms in total. The van der Waals surface area contributed by atoms with Crippen LogP contribution >= 0.6 is 0 Å². The quantitative estimate of drug-likeness (QED) is 0.387. The Hall–Kier alpha value is -3.97. The number of hydrogen-bond donors (Lipinski definition) is 1. The topological polar surface area (TPSA) is 79.2 Å². The molecule has 1 saturated heterocycles. The Balaban J connectivity index is 1.11. The Bertz CT molecular complexity index is 1390. The molecule has 1 aromatic heterocycles. The van der Waals surface area contributed by atoms with Gasteiger partial charge in [-0.2, -0.15) is 0 Å². The summed E-state index contributed by atoms with van der Waals surface area (Å²) in [5, 5.41) is 5.35. The fourth-order valence-corrected chi connectivity index (χ4v) is 4.88. The molecule has 0 bridgehead atoms. The highest BCUT2D eigenvalue weighted by Gasteiger charge is 2.36. The molecule has 0 saturated carbocycles. The van der Waals surface area contributed by atoms with Crippen molar-refractivity contribution in [2.45, 2.75) is 24.9 Å². The summed E-state index contributed by atoms with van der Waals surface area (Å²) in [5.74, 6) is 2.84. The van der Waals surface area contributed by atoms with Crippen molar-refractivity contribution in [1.82, 2.24) is 5.32 Å². The second-order valence-corrected chi connectivity index (χ2v) is 9.21. The van der Waals surface area contributed by atoms with Gasteiger partial charge in [0.2, 0.25) is 6.79 Å². The number of fused-ring (bicyclic) bond motifs is 2. The van der Waals surface area contributed by atoms with Gasteiger partial charge in [0.05, 0.1) is 0 Å². The van der Waals surface area contributed by atoms with Gasteiger partial charge in [0.1, 0.15) is 18.1 Å². The Kier molecular flexibility index (Phi) is 5.99. The van der Waals surface area contributed by atoms with Crippen molar-refractivity contribution in [2.24, 2.45) is 0 Å². The largest absolute Gasteiger partial charge is 0.486 e. The van der Waals surface area contributed by atoms with Crippen molar-refractivity contribution < 1.29 is 28.2 Å². The first kappa shape index (κ1) is 22.5. The normalized spacial score (nSPS) is 16.1. The van der Waals surface area contributed by atoms with Crippen molar-refractivity contribution in [1.29, 1.82) is 0 Å². The standard InChI is InChI=1S/C29H27NO6/c31-28(26-10-8-24(36-26)17-33-23-7-5-20-3-1-2-4-21(20)15-23)30-18-29(11-13-32-14-12-29)22-6-9-25-27(16-22)35-19-34-25/h1-10,15-16H,11-14,17-19H2,(H,30,31). The summed E-state index contributed by atoms with van der Waals surface area (Å²) in [6.07, 6.45) is 1.60. The SMILES string of the molecule is O=C(NCC1(c2ccc3c(c2)OCO3)CCOCC1)c1ccc(COc2ccc3ccccc3c2)o1. The predicted octanol–water partition coefficient (Wildman–Crippen LogP) is 5.22. The van der Waals surface area contributed by atoms with E-state index in [2.05, 4.69) is 17.4 Å². The maximum Gasteiger partial charge on any atom is 0.287 e. The molecule has 4 aromatic rings. The summed E-state index contributed by atoms with van der Waals surface area (Å²) < 4.78 is 28.4. The highest BCUT2D eigenvalue weighted by atomic mass is 16.7. The zero-order valence-electron chi connectivity index (χ0n) is 19.8.